The Morgan fingerprint density at radius 1 is 1.43 bits per heavy atom. The van der Waals surface area contributed by atoms with E-state index in [1.54, 1.807) is 11.0 Å². The molecule has 1 amide bonds. The van der Waals surface area contributed by atoms with E-state index in [-0.39, 0.29) is 23.1 Å². The molecular formula is C15H20ClN5O2. The molecule has 8 heteroatoms. The molecule has 1 fully saturated rings. The average Bonchev–Trinajstić information content (AvgIpc) is 2.44. The highest BCUT2D eigenvalue weighted by molar-refractivity contribution is 6.28. The Morgan fingerprint density at radius 3 is 2.70 bits per heavy atom. The molecule has 0 radical (unpaired) electrons. The van der Waals surface area contributed by atoms with Crippen LogP contribution >= 0.6 is 11.6 Å². The van der Waals surface area contributed by atoms with Crippen molar-refractivity contribution in [2.45, 2.75) is 39.3 Å². The van der Waals surface area contributed by atoms with Gasteiger partial charge in [0.2, 0.25) is 5.28 Å². The second-order valence-electron chi connectivity index (χ2n) is 6.46. The number of halogens is 1. The second kappa shape index (κ2) is 6.59. The fraction of sp³-hybridized carbons (Fsp3) is 0.600. The van der Waals surface area contributed by atoms with Gasteiger partial charge in [-0.3, -0.25) is 0 Å². The molecule has 0 aliphatic carbocycles. The van der Waals surface area contributed by atoms with Gasteiger partial charge in [-0.05, 0) is 39.3 Å². The van der Waals surface area contributed by atoms with E-state index < -0.39 is 5.60 Å². The van der Waals surface area contributed by atoms with Crippen LogP contribution in [-0.4, -0.2) is 52.2 Å². The van der Waals surface area contributed by atoms with Gasteiger partial charge in [-0.1, -0.05) is 0 Å². The quantitative estimate of drug-likeness (QED) is 0.732. The van der Waals surface area contributed by atoms with Gasteiger partial charge in [0, 0.05) is 31.7 Å². The van der Waals surface area contributed by atoms with Crippen molar-refractivity contribution >= 4 is 23.5 Å². The van der Waals surface area contributed by atoms with Crippen LogP contribution in [-0.2, 0) is 4.74 Å². The highest BCUT2D eigenvalue weighted by atomic mass is 35.5. The first-order valence-electron chi connectivity index (χ1n) is 7.39. The van der Waals surface area contributed by atoms with E-state index in [0.29, 0.717) is 25.5 Å². The molecule has 0 bridgehead atoms. The molecule has 23 heavy (non-hydrogen) atoms. The predicted molar refractivity (Wildman–Crippen MR) is 86.4 cm³/mol. The van der Waals surface area contributed by atoms with E-state index in [9.17, 15) is 4.79 Å². The van der Waals surface area contributed by atoms with Crippen LogP contribution in [0, 0.1) is 11.3 Å². The van der Waals surface area contributed by atoms with E-state index in [4.69, 9.17) is 21.6 Å². The van der Waals surface area contributed by atoms with Gasteiger partial charge >= 0.3 is 6.09 Å². The highest BCUT2D eigenvalue weighted by Gasteiger charge is 2.31. The summed E-state index contributed by atoms with van der Waals surface area (Å²) in [6, 6.07) is 3.52. The first-order chi connectivity index (χ1) is 10.7. The van der Waals surface area contributed by atoms with Gasteiger partial charge in [-0.2, -0.15) is 5.26 Å². The van der Waals surface area contributed by atoms with Crippen molar-refractivity contribution in [2.24, 2.45) is 0 Å². The summed E-state index contributed by atoms with van der Waals surface area (Å²) in [6.45, 7) is 9.16. The molecule has 124 valence electrons. The SMILES string of the molecule is C[C@H]1CN(c2cc(C#N)nc(Cl)n2)CCN1C(=O)OC(C)(C)C. The van der Waals surface area contributed by atoms with Gasteiger partial charge in [0.15, 0.2) is 0 Å². The van der Waals surface area contributed by atoms with Gasteiger partial charge in [0.25, 0.3) is 0 Å². The maximum atomic E-state index is 12.2. The van der Waals surface area contributed by atoms with E-state index in [1.165, 1.54) is 0 Å². The summed E-state index contributed by atoms with van der Waals surface area (Å²) < 4.78 is 5.42. The van der Waals surface area contributed by atoms with Gasteiger partial charge in [0.1, 0.15) is 23.2 Å². The molecule has 1 aromatic rings. The Hall–Kier alpha value is -2.07. The lowest BCUT2D eigenvalue weighted by Gasteiger charge is -2.40. The molecule has 7 nitrogen and oxygen atoms in total. The molecule has 1 atom stereocenters. The summed E-state index contributed by atoms with van der Waals surface area (Å²) in [5, 5.41) is 9.02. The van der Waals surface area contributed by atoms with Crippen molar-refractivity contribution in [3.05, 3.63) is 17.0 Å². The maximum Gasteiger partial charge on any atom is 0.410 e. The number of anilines is 1. The zero-order valence-corrected chi connectivity index (χ0v) is 14.5. The molecule has 1 saturated heterocycles. The lowest BCUT2D eigenvalue weighted by Crippen LogP contribution is -2.55. The number of ether oxygens (including phenoxy) is 1. The van der Waals surface area contributed by atoms with Crippen LogP contribution in [0.5, 0.6) is 0 Å². The Morgan fingerprint density at radius 2 is 2.13 bits per heavy atom. The molecule has 0 unspecified atom stereocenters. The lowest BCUT2D eigenvalue weighted by molar-refractivity contribution is 0.0158. The molecule has 1 aliphatic rings. The van der Waals surface area contributed by atoms with Crippen LogP contribution in [0.15, 0.2) is 6.07 Å². The predicted octanol–water partition coefficient (Wildman–Crippen LogP) is 2.45. The van der Waals surface area contributed by atoms with Crippen LogP contribution < -0.4 is 4.90 Å². The number of rotatable bonds is 1. The number of amides is 1. The summed E-state index contributed by atoms with van der Waals surface area (Å²) in [7, 11) is 0. The summed E-state index contributed by atoms with van der Waals surface area (Å²) in [4.78, 5) is 23.9. The molecule has 0 N–H and O–H groups in total. The second-order valence-corrected chi connectivity index (χ2v) is 6.80. The van der Waals surface area contributed by atoms with E-state index in [2.05, 4.69) is 9.97 Å². The van der Waals surface area contributed by atoms with Crippen LogP contribution in [0.2, 0.25) is 5.28 Å². The van der Waals surface area contributed by atoms with Gasteiger partial charge < -0.3 is 14.5 Å². The number of hydrogen-bond donors (Lipinski definition) is 0. The van der Waals surface area contributed by atoms with Crippen LogP contribution in [0.1, 0.15) is 33.4 Å². The Balaban J connectivity index is 2.08. The van der Waals surface area contributed by atoms with Crippen molar-refractivity contribution < 1.29 is 9.53 Å². The zero-order valence-electron chi connectivity index (χ0n) is 13.7. The number of piperazine rings is 1. The first-order valence-corrected chi connectivity index (χ1v) is 7.76. The Bertz CT molecular complexity index is 638. The fourth-order valence-corrected chi connectivity index (χ4v) is 2.56. The molecule has 0 aromatic carbocycles. The van der Waals surface area contributed by atoms with Crippen molar-refractivity contribution in [1.82, 2.24) is 14.9 Å². The third-order valence-electron chi connectivity index (χ3n) is 3.38. The highest BCUT2D eigenvalue weighted by Crippen LogP contribution is 2.21. The van der Waals surface area contributed by atoms with Crippen molar-refractivity contribution in [3.63, 3.8) is 0 Å². The first kappa shape index (κ1) is 17.3. The molecule has 0 saturated carbocycles. The zero-order chi connectivity index (χ0) is 17.2. The average molecular weight is 338 g/mol. The van der Waals surface area contributed by atoms with Crippen molar-refractivity contribution in [1.29, 1.82) is 5.26 Å². The number of carbonyl (C=O) groups is 1. The Labute approximate surface area is 140 Å². The lowest BCUT2D eigenvalue weighted by atomic mass is 10.2. The number of nitriles is 1. The molecule has 2 heterocycles. The topological polar surface area (TPSA) is 82.4 Å². The summed E-state index contributed by atoms with van der Waals surface area (Å²) >= 11 is 5.85. The van der Waals surface area contributed by atoms with Crippen LogP contribution in [0.3, 0.4) is 0 Å². The van der Waals surface area contributed by atoms with Gasteiger partial charge in [0.05, 0.1) is 0 Å². The molecule has 1 aliphatic heterocycles. The number of hydrogen-bond acceptors (Lipinski definition) is 6. The largest absolute Gasteiger partial charge is 0.444 e. The molecular weight excluding hydrogens is 318 g/mol. The minimum atomic E-state index is -0.518. The van der Waals surface area contributed by atoms with Gasteiger partial charge in [-0.25, -0.2) is 14.8 Å². The molecule has 1 aromatic heterocycles. The Kier molecular flexibility index (Phi) is 4.95. The molecule has 2 rings (SSSR count). The monoisotopic (exact) mass is 337 g/mol. The third kappa shape index (κ3) is 4.45. The summed E-state index contributed by atoms with van der Waals surface area (Å²) in [6.07, 6.45) is -0.317. The van der Waals surface area contributed by atoms with Gasteiger partial charge in [-0.15, -0.1) is 0 Å². The van der Waals surface area contributed by atoms with E-state index in [1.807, 2.05) is 38.7 Å². The van der Waals surface area contributed by atoms with E-state index in [0.717, 1.165) is 0 Å². The third-order valence-corrected chi connectivity index (χ3v) is 3.55. The maximum absolute atomic E-state index is 12.2. The number of nitrogens with zero attached hydrogens (tertiary/aromatic N) is 5. The smallest absolute Gasteiger partial charge is 0.410 e. The summed E-state index contributed by atoms with van der Waals surface area (Å²) in [5.74, 6) is 0.595. The normalized spacial score (nSPS) is 18.5. The van der Waals surface area contributed by atoms with Crippen molar-refractivity contribution in [3.8, 4) is 6.07 Å². The van der Waals surface area contributed by atoms with Crippen LogP contribution in [0.4, 0.5) is 10.6 Å². The number of aromatic nitrogens is 2. The minimum absolute atomic E-state index is 0.0428. The van der Waals surface area contributed by atoms with Crippen LogP contribution in [0.25, 0.3) is 0 Å². The fourth-order valence-electron chi connectivity index (χ4n) is 2.38. The minimum Gasteiger partial charge on any atom is -0.444 e. The molecule has 0 spiro atoms. The van der Waals surface area contributed by atoms with E-state index >= 15 is 0 Å². The standard InChI is InChI=1S/C15H20ClN5O2/c1-10-9-20(12-7-11(8-17)18-13(16)19-12)5-6-21(10)14(22)23-15(2,3)4/h7,10H,5-6,9H2,1-4H3/t10-/m0/s1. The van der Waals surface area contributed by atoms with Crippen molar-refractivity contribution in [2.75, 3.05) is 24.5 Å². The summed E-state index contributed by atoms with van der Waals surface area (Å²) in [5.41, 5.74) is -0.294. The number of carbonyl (C=O) groups excluding carboxylic acids is 1.